The average molecular weight is 1250 g/mol. The molecule has 1 fully saturated rings. The van der Waals surface area contributed by atoms with Gasteiger partial charge in [0.15, 0.2) is 0 Å². The summed E-state index contributed by atoms with van der Waals surface area (Å²) in [5, 5.41) is 41.8. The minimum Gasteiger partial charge on any atom is -0.481 e. The molecular formula is C54H112N4O20Si4. The molecule has 1 heterocycles. The van der Waals surface area contributed by atoms with Gasteiger partial charge in [0.2, 0.25) is 0 Å². The molecular weight excluding hydrogens is 1140 g/mol. The Morgan fingerprint density at radius 3 is 0.695 bits per heavy atom. The summed E-state index contributed by atoms with van der Waals surface area (Å²) < 4.78 is 80.8. The van der Waals surface area contributed by atoms with Gasteiger partial charge < -0.3 is 83.3 Å². The van der Waals surface area contributed by atoms with Crippen molar-refractivity contribution in [1.29, 1.82) is 0 Å². The second kappa shape index (κ2) is 42.9. The van der Waals surface area contributed by atoms with Gasteiger partial charge in [0.05, 0.1) is 25.7 Å². The first-order chi connectivity index (χ1) is 39.2. The normalized spacial score (nSPS) is 17.0. The number of rotatable bonds is 48. The fraction of sp³-hybridized carbons (Fsp3) is 0.926. The average Bonchev–Trinajstić information content (AvgIpc) is 3.14. The summed E-state index contributed by atoms with van der Waals surface area (Å²) in [6, 6.07) is 0.931. The SMILES string of the molecule is CCO[Si](CCC1(CC[Si](OCC)(OCC)OCC)N(CCC(=O)O)CCCN(CCC(=O)O)CCN(CCC(=O)O)CCCN(CCC(=O)O)C1(CC[Si](OCC)(OCC)OCC)CC[Si](OCC)(OCC)OCC)(OCC)OCC. The molecule has 0 atom stereocenters. The highest BCUT2D eigenvalue weighted by Gasteiger charge is 2.62. The predicted octanol–water partition coefficient (Wildman–Crippen LogP) is 7.12. The Labute approximate surface area is 496 Å². The van der Waals surface area contributed by atoms with E-state index in [2.05, 4.69) is 19.6 Å². The highest BCUT2D eigenvalue weighted by atomic mass is 28.4. The van der Waals surface area contributed by atoms with E-state index in [0.29, 0.717) is 39.0 Å². The van der Waals surface area contributed by atoms with Crippen molar-refractivity contribution in [2.24, 2.45) is 0 Å². The molecule has 0 amide bonds. The lowest BCUT2D eigenvalue weighted by Gasteiger charge is -2.63. The second-order valence-electron chi connectivity index (χ2n) is 19.9. The lowest BCUT2D eigenvalue weighted by Crippen LogP contribution is -2.73. The van der Waals surface area contributed by atoms with Gasteiger partial charge in [-0.15, -0.1) is 0 Å². The second-order valence-corrected chi connectivity index (χ2v) is 30.9. The van der Waals surface area contributed by atoms with Gasteiger partial charge in [-0.1, -0.05) is 0 Å². The Morgan fingerprint density at radius 1 is 0.317 bits per heavy atom. The van der Waals surface area contributed by atoms with Crippen molar-refractivity contribution in [3.05, 3.63) is 0 Å². The summed E-state index contributed by atoms with van der Waals surface area (Å²) in [4.78, 5) is 59.8. The number of aliphatic carboxylic acids is 4. The van der Waals surface area contributed by atoms with Crippen molar-refractivity contribution in [3.63, 3.8) is 0 Å². The standard InChI is InChI=1S/C54H112N4O20Si4/c1-13-67-79(68-14-2,69-15-3)45-31-53(32-46-80(70-16-4,71-17-5)72-18-6)54(33-47-81(73-19-7,74-20-8)75-21-9,34-48-82(76-22-10,77-23-11)78-24-12)58(42-30-52(65)66)38-26-36-56(40-28-50(61)62)44-43-55(39-27-49(59)60)35-25-37-57(53)41-29-51(63)64/h13-48H2,1-12H3,(H,59,60)(H,61,62)(H,63,64)(H,65,66). The minimum absolute atomic E-state index is 0.0246. The highest BCUT2D eigenvalue weighted by Crippen LogP contribution is 2.52. The van der Waals surface area contributed by atoms with Crippen LogP contribution in [0.25, 0.3) is 0 Å². The Hall–Kier alpha value is -1.89. The largest absolute Gasteiger partial charge is 0.500 e. The molecule has 1 saturated heterocycles. The van der Waals surface area contributed by atoms with Gasteiger partial charge in [-0.3, -0.25) is 29.0 Å². The van der Waals surface area contributed by atoms with Crippen LogP contribution >= 0.6 is 0 Å². The van der Waals surface area contributed by atoms with E-state index in [0.717, 1.165) is 0 Å². The lowest BCUT2D eigenvalue weighted by atomic mass is 9.66. The van der Waals surface area contributed by atoms with Crippen LogP contribution in [-0.4, -0.2) is 255 Å². The molecule has 0 spiro atoms. The van der Waals surface area contributed by atoms with Crippen molar-refractivity contribution in [1.82, 2.24) is 19.6 Å². The van der Waals surface area contributed by atoms with Gasteiger partial charge in [0.25, 0.3) is 0 Å². The molecule has 0 aromatic carbocycles. The first-order valence-electron chi connectivity index (χ1n) is 30.7. The van der Waals surface area contributed by atoms with Crippen LogP contribution in [0.2, 0.25) is 24.2 Å². The molecule has 24 nitrogen and oxygen atoms in total. The van der Waals surface area contributed by atoms with Crippen LogP contribution in [0.5, 0.6) is 0 Å². The molecule has 484 valence electrons. The fourth-order valence-corrected chi connectivity index (χ4v) is 22.7. The Balaban J connectivity index is 5.44. The van der Waals surface area contributed by atoms with Gasteiger partial charge in [0.1, 0.15) is 0 Å². The molecule has 82 heavy (non-hydrogen) atoms. The number of carboxylic acid groups (broad SMARTS) is 4. The third kappa shape index (κ3) is 26.6. The molecule has 0 aromatic heterocycles. The highest BCUT2D eigenvalue weighted by molar-refractivity contribution is 6.62. The Kier molecular flexibility index (Phi) is 40.8. The molecule has 0 aromatic rings. The van der Waals surface area contributed by atoms with Crippen LogP contribution in [0.4, 0.5) is 0 Å². The summed E-state index contributed by atoms with van der Waals surface area (Å²) in [7, 11) is -14.7. The van der Waals surface area contributed by atoms with Crippen molar-refractivity contribution >= 4 is 59.1 Å². The van der Waals surface area contributed by atoms with Gasteiger partial charge in [-0.2, -0.15) is 0 Å². The summed E-state index contributed by atoms with van der Waals surface area (Å²) in [5.41, 5.74) is -2.55. The summed E-state index contributed by atoms with van der Waals surface area (Å²) in [6.45, 7) is 28.8. The summed E-state index contributed by atoms with van der Waals surface area (Å²) in [6.07, 6.45) is 1.00. The quantitative estimate of drug-likeness (QED) is 0.0442. The number of carbonyl (C=O) groups is 4. The molecule has 1 rings (SSSR count). The van der Waals surface area contributed by atoms with Crippen LogP contribution in [0.1, 0.15) is 147 Å². The topological polar surface area (TPSA) is 273 Å². The number of nitrogens with zero attached hydrogens (tertiary/aromatic N) is 4. The van der Waals surface area contributed by atoms with E-state index in [1.807, 2.05) is 83.1 Å². The molecule has 0 aliphatic carbocycles. The lowest BCUT2D eigenvalue weighted by molar-refractivity contribution is -0.142. The van der Waals surface area contributed by atoms with E-state index in [1.54, 1.807) is 0 Å². The molecule has 0 unspecified atom stereocenters. The first kappa shape index (κ1) is 78.1. The summed E-state index contributed by atoms with van der Waals surface area (Å²) >= 11 is 0. The Bertz CT molecular complexity index is 1490. The Morgan fingerprint density at radius 2 is 0.512 bits per heavy atom. The predicted molar refractivity (Wildman–Crippen MR) is 320 cm³/mol. The zero-order chi connectivity index (χ0) is 61.6. The molecule has 0 bridgehead atoms. The first-order valence-corrected chi connectivity index (χ1v) is 38.4. The third-order valence-electron chi connectivity index (χ3n) is 14.8. The van der Waals surface area contributed by atoms with Gasteiger partial charge in [-0.05, 0) is 148 Å². The van der Waals surface area contributed by atoms with Gasteiger partial charge in [0, 0.05) is 154 Å². The van der Waals surface area contributed by atoms with Crippen LogP contribution in [-0.2, 0) is 72.3 Å². The smallest absolute Gasteiger partial charge is 0.481 e. The van der Waals surface area contributed by atoms with Crippen molar-refractivity contribution < 1.29 is 92.7 Å². The zero-order valence-electron chi connectivity index (χ0n) is 52.6. The van der Waals surface area contributed by atoms with E-state index in [9.17, 15) is 39.6 Å². The van der Waals surface area contributed by atoms with Gasteiger partial charge >= 0.3 is 59.1 Å². The van der Waals surface area contributed by atoms with E-state index in [4.69, 9.17) is 53.1 Å². The van der Waals surface area contributed by atoms with Crippen molar-refractivity contribution in [2.45, 2.75) is 183 Å². The molecule has 1 aliphatic rings. The maximum Gasteiger partial charge on any atom is 0.500 e. The monoisotopic (exact) mass is 1250 g/mol. The van der Waals surface area contributed by atoms with Crippen molar-refractivity contribution in [3.8, 4) is 0 Å². The number of hydrogen-bond donors (Lipinski definition) is 4. The number of carboxylic acids is 4. The van der Waals surface area contributed by atoms with Crippen LogP contribution < -0.4 is 0 Å². The third-order valence-corrected chi connectivity index (χ3v) is 27.0. The molecule has 4 N–H and O–H groups in total. The van der Waals surface area contributed by atoms with E-state index >= 15 is 0 Å². The molecule has 1 aliphatic heterocycles. The molecule has 0 radical (unpaired) electrons. The van der Waals surface area contributed by atoms with E-state index < -0.39 is 70.2 Å². The zero-order valence-corrected chi connectivity index (χ0v) is 56.6. The summed E-state index contributed by atoms with van der Waals surface area (Å²) in [5.74, 6) is -3.97. The van der Waals surface area contributed by atoms with Crippen molar-refractivity contribution in [2.75, 3.05) is 145 Å². The molecule has 28 heteroatoms. The molecule has 0 saturated carbocycles. The van der Waals surface area contributed by atoms with Crippen LogP contribution in [0.3, 0.4) is 0 Å². The van der Waals surface area contributed by atoms with E-state index in [1.165, 1.54) is 0 Å². The van der Waals surface area contributed by atoms with Gasteiger partial charge in [-0.25, -0.2) is 0 Å². The maximum absolute atomic E-state index is 13.3. The van der Waals surface area contributed by atoms with Crippen LogP contribution in [0.15, 0.2) is 0 Å². The van der Waals surface area contributed by atoms with Crippen LogP contribution in [0, 0.1) is 0 Å². The van der Waals surface area contributed by atoms with E-state index in [-0.39, 0.29) is 194 Å². The number of hydrogen-bond acceptors (Lipinski definition) is 20. The fourth-order valence-electron chi connectivity index (χ4n) is 11.8. The maximum atomic E-state index is 13.3. The minimum atomic E-state index is -3.67.